The van der Waals surface area contributed by atoms with Gasteiger partial charge >= 0.3 is 7.82 Å². The van der Waals surface area contributed by atoms with Crippen molar-refractivity contribution in [2.45, 2.75) is 6.92 Å². The molecule has 0 saturated heterocycles. The maximum absolute atomic E-state index is 10.6. The van der Waals surface area contributed by atoms with Crippen molar-refractivity contribution in [3.8, 4) is 5.75 Å². The van der Waals surface area contributed by atoms with E-state index in [-0.39, 0.29) is 5.75 Å². The number of rotatable bonds is 2. The topological polar surface area (TPSA) is 66.8 Å². The molecule has 0 radical (unpaired) electrons. The Morgan fingerprint density at radius 2 is 1.86 bits per heavy atom. The molecule has 7 heteroatoms. The van der Waals surface area contributed by atoms with E-state index >= 15 is 0 Å². The molecule has 0 fully saturated rings. The first-order valence-electron chi connectivity index (χ1n) is 3.51. The van der Waals surface area contributed by atoms with Gasteiger partial charge in [-0.05, 0) is 50.4 Å². The number of benzene rings is 1. The highest BCUT2D eigenvalue weighted by Gasteiger charge is 2.19. The number of hydrogen-bond donors (Lipinski definition) is 2. The van der Waals surface area contributed by atoms with E-state index in [1.165, 1.54) is 6.07 Å². The molecule has 0 unspecified atom stereocenters. The van der Waals surface area contributed by atoms with Gasteiger partial charge in [0.25, 0.3) is 0 Å². The van der Waals surface area contributed by atoms with Crippen molar-refractivity contribution in [1.82, 2.24) is 0 Å². The molecule has 0 aliphatic rings. The molecule has 0 spiro atoms. The molecule has 1 rings (SSSR count). The van der Waals surface area contributed by atoms with Crippen molar-refractivity contribution in [1.29, 1.82) is 0 Å². The standard InChI is InChI=1S/C7H7Br2O4P/c1-4-2-3-5(7(9)6(4)8)13-14(10,11)12/h2-3H,1H3,(H2,10,11,12). The summed E-state index contributed by atoms with van der Waals surface area (Å²) >= 11 is 6.43. The predicted octanol–water partition coefficient (Wildman–Crippen LogP) is 2.99. The molecule has 1 aromatic carbocycles. The van der Waals surface area contributed by atoms with Crippen LogP contribution in [0.1, 0.15) is 5.56 Å². The Balaban J connectivity index is 3.12. The monoisotopic (exact) mass is 344 g/mol. The molecular weight excluding hydrogens is 339 g/mol. The molecule has 0 atom stereocenters. The summed E-state index contributed by atoms with van der Waals surface area (Å²) in [5.41, 5.74) is 0.940. The lowest BCUT2D eigenvalue weighted by Crippen LogP contribution is -1.92. The maximum atomic E-state index is 10.6. The SMILES string of the molecule is Cc1ccc(OP(=O)(O)O)c(Br)c1Br. The van der Waals surface area contributed by atoms with Gasteiger partial charge in [0, 0.05) is 4.47 Å². The molecule has 0 aliphatic carbocycles. The van der Waals surface area contributed by atoms with E-state index < -0.39 is 7.82 Å². The lowest BCUT2D eigenvalue weighted by molar-refractivity contribution is 0.282. The molecule has 0 amide bonds. The van der Waals surface area contributed by atoms with Crippen LogP contribution in [0, 0.1) is 6.92 Å². The first-order valence-corrected chi connectivity index (χ1v) is 6.62. The second kappa shape index (κ2) is 4.33. The Morgan fingerprint density at radius 3 is 2.36 bits per heavy atom. The second-order valence-corrected chi connectivity index (χ2v) is 5.34. The normalized spacial score (nSPS) is 11.5. The molecule has 4 nitrogen and oxygen atoms in total. The first kappa shape index (κ1) is 12.2. The van der Waals surface area contributed by atoms with Crippen molar-refractivity contribution in [3.05, 3.63) is 26.6 Å². The minimum Gasteiger partial charge on any atom is -0.403 e. The fraction of sp³-hybridized carbons (Fsp3) is 0.143. The molecule has 0 heterocycles. The van der Waals surface area contributed by atoms with Gasteiger partial charge in [-0.1, -0.05) is 6.07 Å². The van der Waals surface area contributed by atoms with Crippen LogP contribution < -0.4 is 4.52 Å². The maximum Gasteiger partial charge on any atom is 0.524 e. The zero-order valence-corrected chi connectivity index (χ0v) is 11.1. The van der Waals surface area contributed by atoms with Crippen LogP contribution in [0.5, 0.6) is 5.75 Å². The van der Waals surface area contributed by atoms with Gasteiger partial charge in [-0.15, -0.1) is 0 Å². The highest BCUT2D eigenvalue weighted by atomic mass is 79.9. The molecule has 14 heavy (non-hydrogen) atoms. The molecule has 0 aliphatic heterocycles. The van der Waals surface area contributed by atoms with E-state index in [9.17, 15) is 4.57 Å². The largest absolute Gasteiger partial charge is 0.524 e. The minimum atomic E-state index is -4.50. The van der Waals surface area contributed by atoms with E-state index in [0.717, 1.165) is 5.56 Å². The summed E-state index contributed by atoms with van der Waals surface area (Å²) in [5.74, 6) is 0.107. The summed E-state index contributed by atoms with van der Waals surface area (Å²) < 4.78 is 16.2. The highest BCUT2D eigenvalue weighted by molar-refractivity contribution is 9.13. The van der Waals surface area contributed by atoms with Crippen LogP contribution in [0.3, 0.4) is 0 Å². The van der Waals surface area contributed by atoms with Gasteiger partial charge in [-0.3, -0.25) is 9.79 Å². The van der Waals surface area contributed by atoms with Crippen LogP contribution in [-0.2, 0) is 4.57 Å². The molecule has 2 N–H and O–H groups in total. The van der Waals surface area contributed by atoms with E-state index in [1.807, 2.05) is 6.92 Å². The summed E-state index contributed by atoms with van der Waals surface area (Å²) in [5, 5.41) is 0. The van der Waals surface area contributed by atoms with Crippen LogP contribution in [0.15, 0.2) is 21.1 Å². The smallest absolute Gasteiger partial charge is 0.403 e. The fourth-order valence-electron chi connectivity index (χ4n) is 0.827. The molecule has 78 valence electrons. The van der Waals surface area contributed by atoms with Crippen LogP contribution in [-0.4, -0.2) is 9.79 Å². The van der Waals surface area contributed by atoms with Crippen LogP contribution in [0.25, 0.3) is 0 Å². The van der Waals surface area contributed by atoms with E-state index in [4.69, 9.17) is 9.79 Å². The second-order valence-electron chi connectivity index (χ2n) is 2.59. The van der Waals surface area contributed by atoms with Crippen molar-refractivity contribution in [2.24, 2.45) is 0 Å². The first-order chi connectivity index (χ1) is 6.31. The van der Waals surface area contributed by atoms with Gasteiger partial charge in [0.1, 0.15) is 5.75 Å². The third-order valence-corrected chi connectivity index (χ3v) is 4.23. The van der Waals surface area contributed by atoms with E-state index in [2.05, 4.69) is 36.4 Å². The summed E-state index contributed by atoms with van der Waals surface area (Å²) in [6.45, 7) is 1.86. The molecule has 0 saturated carbocycles. The van der Waals surface area contributed by atoms with Gasteiger partial charge in [0.2, 0.25) is 0 Å². The fourth-order valence-corrected chi connectivity index (χ4v) is 2.21. The van der Waals surface area contributed by atoms with Crippen molar-refractivity contribution < 1.29 is 18.9 Å². The summed E-state index contributed by atoms with van der Waals surface area (Å²) in [7, 11) is -4.50. The Hall–Kier alpha value is 0.130. The zero-order chi connectivity index (χ0) is 10.9. The Kier molecular flexibility index (Phi) is 3.77. The van der Waals surface area contributed by atoms with Crippen LogP contribution >= 0.6 is 39.7 Å². The molecular formula is C7H7Br2O4P. The van der Waals surface area contributed by atoms with Crippen LogP contribution in [0.4, 0.5) is 0 Å². The van der Waals surface area contributed by atoms with Crippen LogP contribution in [0.2, 0.25) is 0 Å². The number of phosphoric acid groups is 1. The molecule has 0 aromatic heterocycles. The Morgan fingerprint density at radius 1 is 1.29 bits per heavy atom. The summed E-state index contributed by atoms with van der Waals surface area (Å²) in [4.78, 5) is 17.2. The Bertz CT molecular complexity index is 401. The third kappa shape index (κ3) is 3.07. The van der Waals surface area contributed by atoms with E-state index in [1.54, 1.807) is 6.07 Å². The zero-order valence-electron chi connectivity index (χ0n) is 7.07. The average molecular weight is 346 g/mol. The lowest BCUT2D eigenvalue weighted by atomic mass is 10.2. The number of phosphoric ester groups is 1. The Labute approximate surface area is 97.8 Å². The number of hydrogen-bond acceptors (Lipinski definition) is 2. The molecule has 0 bridgehead atoms. The molecule has 1 aromatic rings. The van der Waals surface area contributed by atoms with E-state index in [0.29, 0.717) is 8.95 Å². The van der Waals surface area contributed by atoms with Gasteiger partial charge in [-0.25, -0.2) is 4.57 Å². The third-order valence-electron chi connectivity index (χ3n) is 1.46. The number of aryl methyl sites for hydroxylation is 1. The quantitative estimate of drug-likeness (QED) is 0.809. The van der Waals surface area contributed by atoms with Crippen molar-refractivity contribution in [3.63, 3.8) is 0 Å². The minimum absolute atomic E-state index is 0.107. The number of halogens is 2. The van der Waals surface area contributed by atoms with Gasteiger partial charge < -0.3 is 4.52 Å². The van der Waals surface area contributed by atoms with Crippen molar-refractivity contribution >= 4 is 39.7 Å². The summed E-state index contributed by atoms with van der Waals surface area (Å²) in [6.07, 6.45) is 0. The predicted molar refractivity (Wildman–Crippen MR) is 59.3 cm³/mol. The van der Waals surface area contributed by atoms with Gasteiger partial charge in [0.15, 0.2) is 0 Å². The summed E-state index contributed by atoms with van der Waals surface area (Å²) in [6, 6.07) is 3.18. The highest BCUT2D eigenvalue weighted by Crippen LogP contribution is 2.43. The van der Waals surface area contributed by atoms with Gasteiger partial charge in [0.05, 0.1) is 4.47 Å². The average Bonchev–Trinajstić information content (AvgIpc) is 2.04. The van der Waals surface area contributed by atoms with Crippen molar-refractivity contribution in [2.75, 3.05) is 0 Å². The lowest BCUT2D eigenvalue weighted by Gasteiger charge is -2.10. The van der Waals surface area contributed by atoms with Gasteiger partial charge in [-0.2, -0.15) is 0 Å².